The van der Waals surface area contributed by atoms with Gasteiger partial charge in [0.25, 0.3) is 0 Å². The van der Waals surface area contributed by atoms with Crippen LogP contribution in [-0.4, -0.2) is 24.1 Å². The smallest absolute Gasteiger partial charge is 0.239 e. The lowest BCUT2D eigenvalue weighted by Gasteiger charge is -2.17. The first-order valence-corrected chi connectivity index (χ1v) is 5.97. The van der Waals surface area contributed by atoms with E-state index >= 15 is 0 Å². The van der Waals surface area contributed by atoms with E-state index in [-0.39, 0.29) is 11.9 Å². The van der Waals surface area contributed by atoms with Gasteiger partial charge >= 0.3 is 0 Å². The summed E-state index contributed by atoms with van der Waals surface area (Å²) >= 11 is 0. The van der Waals surface area contributed by atoms with E-state index in [1.54, 1.807) is 0 Å². The number of rotatable bonds is 5. The minimum atomic E-state index is -0.244. The molecule has 4 heteroatoms. The zero-order valence-corrected chi connectivity index (χ0v) is 9.29. The fourth-order valence-electron chi connectivity index (χ4n) is 1.81. The van der Waals surface area contributed by atoms with Crippen LogP contribution >= 0.6 is 0 Å². The van der Waals surface area contributed by atoms with Crippen molar-refractivity contribution in [2.24, 2.45) is 0 Å². The van der Waals surface area contributed by atoms with Gasteiger partial charge in [0, 0.05) is 6.04 Å². The molecule has 4 nitrogen and oxygen atoms in total. The maximum absolute atomic E-state index is 11.5. The van der Waals surface area contributed by atoms with Gasteiger partial charge in [-0.15, -0.1) is 0 Å². The lowest BCUT2D eigenvalue weighted by atomic mass is 10.3. The van der Waals surface area contributed by atoms with Crippen molar-refractivity contribution >= 4 is 5.91 Å². The monoisotopic (exact) mass is 212 g/mol. The zero-order valence-electron chi connectivity index (χ0n) is 9.29. The number of hydrogen-bond donors (Lipinski definition) is 2. The van der Waals surface area contributed by atoms with Gasteiger partial charge < -0.3 is 5.32 Å². The Morgan fingerprint density at radius 2 is 1.93 bits per heavy atom. The minimum absolute atomic E-state index is 0.0514. The van der Waals surface area contributed by atoms with Crippen LogP contribution in [0.4, 0.5) is 0 Å². The summed E-state index contributed by atoms with van der Waals surface area (Å²) in [6, 6.07) is 0.180. The Balaban J connectivity index is 1.61. The third-order valence-electron chi connectivity index (χ3n) is 3.03. The van der Waals surface area contributed by atoms with Crippen molar-refractivity contribution in [2.45, 2.75) is 63.6 Å². The third kappa shape index (κ3) is 3.47. The van der Waals surface area contributed by atoms with Gasteiger partial charge in [0.05, 0.1) is 6.10 Å². The normalized spacial score (nSPS) is 24.1. The van der Waals surface area contributed by atoms with E-state index in [2.05, 4.69) is 10.8 Å². The van der Waals surface area contributed by atoms with Crippen LogP contribution < -0.4 is 10.8 Å². The SMILES string of the molecule is CC(NOC1CCCC1)C(=O)NC1CC1. The lowest BCUT2D eigenvalue weighted by Crippen LogP contribution is -2.44. The van der Waals surface area contributed by atoms with Crippen LogP contribution in [0.3, 0.4) is 0 Å². The second-order valence-electron chi connectivity index (χ2n) is 4.65. The minimum Gasteiger partial charge on any atom is -0.352 e. The van der Waals surface area contributed by atoms with Gasteiger partial charge in [0.2, 0.25) is 5.91 Å². The summed E-state index contributed by atoms with van der Waals surface area (Å²) in [5.74, 6) is 0.0514. The maximum Gasteiger partial charge on any atom is 0.239 e. The highest BCUT2D eigenvalue weighted by Gasteiger charge is 2.26. The Hall–Kier alpha value is -0.610. The summed E-state index contributed by atoms with van der Waals surface area (Å²) in [5, 5.41) is 2.95. The van der Waals surface area contributed by atoms with Crippen molar-refractivity contribution in [2.75, 3.05) is 0 Å². The summed E-state index contributed by atoms with van der Waals surface area (Å²) in [6.07, 6.45) is 7.28. The predicted octanol–water partition coefficient (Wildman–Crippen LogP) is 1.12. The maximum atomic E-state index is 11.5. The molecule has 2 saturated carbocycles. The zero-order chi connectivity index (χ0) is 10.7. The van der Waals surface area contributed by atoms with E-state index in [4.69, 9.17) is 4.84 Å². The molecule has 2 aliphatic carbocycles. The molecular weight excluding hydrogens is 192 g/mol. The highest BCUT2D eigenvalue weighted by molar-refractivity contribution is 5.81. The average molecular weight is 212 g/mol. The van der Waals surface area contributed by atoms with Gasteiger partial charge in [-0.1, -0.05) is 12.8 Å². The van der Waals surface area contributed by atoms with Crippen LogP contribution in [0.2, 0.25) is 0 Å². The Morgan fingerprint density at radius 3 is 2.53 bits per heavy atom. The molecule has 0 radical (unpaired) electrons. The number of nitrogens with one attached hydrogen (secondary N) is 2. The summed E-state index contributed by atoms with van der Waals surface area (Å²) < 4.78 is 0. The van der Waals surface area contributed by atoms with Gasteiger partial charge in [-0.25, -0.2) is 0 Å². The number of hydroxylamine groups is 1. The van der Waals surface area contributed by atoms with E-state index in [1.165, 1.54) is 12.8 Å². The summed E-state index contributed by atoms with van der Waals surface area (Å²) in [4.78, 5) is 17.0. The molecule has 1 unspecified atom stereocenters. The Bertz CT molecular complexity index is 223. The highest BCUT2D eigenvalue weighted by Crippen LogP contribution is 2.20. The largest absolute Gasteiger partial charge is 0.352 e. The third-order valence-corrected chi connectivity index (χ3v) is 3.03. The van der Waals surface area contributed by atoms with Gasteiger partial charge in [-0.05, 0) is 32.6 Å². The summed E-state index contributed by atoms with van der Waals surface area (Å²) in [6.45, 7) is 1.84. The van der Waals surface area contributed by atoms with Crippen molar-refractivity contribution in [3.63, 3.8) is 0 Å². The number of carbonyl (C=O) groups excluding carboxylic acids is 1. The molecule has 2 N–H and O–H groups in total. The molecule has 0 aromatic rings. The Morgan fingerprint density at radius 1 is 1.27 bits per heavy atom. The molecular formula is C11H20N2O2. The molecule has 2 aliphatic rings. The average Bonchev–Trinajstić information content (AvgIpc) is 2.88. The molecule has 0 bridgehead atoms. The standard InChI is InChI=1S/C11H20N2O2/c1-8(11(14)12-9-6-7-9)13-15-10-4-2-3-5-10/h8-10,13H,2-7H2,1H3,(H,12,14). The molecule has 0 aromatic heterocycles. The van der Waals surface area contributed by atoms with Gasteiger partial charge in [0.15, 0.2) is 0 Å². The second-order valence-corrected chi connectivity index (χ2v) is 4.65. The van der Waals surface area contributed by atoms with Crippen molar-refractivity contribution in [1.29, 1.82) is 0 Å². The molecule has 2 fully saturated rings. The van der Waals surface area contributed by atoms with Crippen LogP contribution in [0.1, 0.15) is 45.4 Å². The second kappa shape index (κ2) is 4.94. The Labute approximate surface area is 90.7 Å². The van der Waals surface area contributed by atoms with Crippen molar-refractivity contribution in [1.82, 2.24) is 10.8 Å². The van der Waals surface area contributed by atoms with Crippen LogP contribution in [0.15, 0.2) is 0 Å². The molecule has 0 heterocycles. The van der Waals surface area contributed by atoms with Crippen molar-refractivity contribution in [3.05, 3.63) is 0 Å². The van der Waals surface area contributed by atoms with E-state index in [0.29, 0.717) is 12.1 Å². The first kappa shape index (κ1) is 10.9. The summed E-state index contributed by atoms with van der Waals surface area (Å²) in [5.41, 5.74) is 2.85. The van der Waals surface area contributed by atoms with E-state index in [9.17, 15) is 4.79 Å². The van der Waals surface area contributed by atoms with Gasteiger partial charge in [0.1, 0.15) is 6.04 Å². The first-order chi connectivity index (χ1) is 7.25. The van der Waals surface area contributed by atoms with Gasteiger partial charge in [-0.2, -0.15) is 5.48 Å². The number of amides is 1. The topological polar surface area (TPSA) is 50.4 Å². The predicted molar refractivity (Wildman–Crippen MR) is 57.1 cm³/mol. The van der Waals surface area contributed by atoms with E-state index in [0.717, 1.165) is 25.7 Å². The molecule has 0 saturated heterocycles. The Kier molecular flexibility index (Phi) is 3.59. The van der Waals surface area contributed by atoms with Crippen LogP contribution in [0.25, 0.3) is 0 Å². The quantitative estimate of drug-likeness (QED) is 0.671. The highest BCUT2D eigenvalue weighted by atomic mass is 16.7. The van der Waals surface area contributed by atoms with Gasteiger partial charge in [-0.3, -0.25) is 9.63 Å². The summed E-state index contributed by atoms with van der Waals surface area (Å²) in [7, 11) is 0. The molecule has 1 atom stereocenters. The van der Waals surface area contributed by atoms with Crippen molar-refractivity contribution in [3.8, 4) is 0 Å². The van der Waals surface area contributed by atoms with Crippen LogP contribution in [-0.2, 0) is 9.63 Å². The fourth-order valence-corrected chi connectivity index (χ4v) is 1.81. The first-order valence-electron chi connectivity index (χ1n) is 5.97. The van der Waals surface area contributed by atoms with E-state index in [1.807, 2.05) is 6.92 Å². The lowest BCUT2D eigenvalue weighted by molar-refractivity contribution is -0.129. The molecule has 1 amide bonds. The fraction of sp³-hybridized carbons (Fsp3) is 0.909. The number of carbonyl (C=O) groups is 1. The van der Waals surface area contributed by atoms with E-state index < -0.39 is 0 Å². The molecule has 2 rings (SSSR count). The molecule has 0 aliphatic heterocycles. The van der Waals surface area contributed by atoms with Crippen LogP contribution in [0.5, 0.6) is 0 Å². The molecule has 15 heavy (non-hydrogen) atoms. The van der Waals surface area contributed by atoms with Crippen molar-refractivity contribution < 1.29 is 9.63 Å². The molecule has 0 spiro atoms. The molecule has 86 valence electrons. The number of hydrogen-bond acceptors (Lipinski definition) is 3. The van der Waals surface area contributed by atoms with Crippen LogP contribution in [0, 0.1) is 0 Å². The molecule has 0 aromatic carbocycles.